The van der Waals surface area contributed by atoms with Crippen LogP contribution in [0.4, 0.5) is 0 Å². The minimum atomic E-state index is -0.826. The first-order valence-corrected chi connectivity index (χ1v) is 4.98. The van der Waals surface area contributed by atoms with Crippen molar-refractivity contribution in [2.24, 2.45) is 11.7 Å². The molecule has 4 heteroatoms. The Kier molecular flexibility index (Phi) is 5.72. The summed E-state index contributed by atoms with van der Waals surface area (Å²) in [5, 5.41) is 8.65. The molecule has 0 saturated carbocycles. The lowest BCUT2D eigenvalue weighted by Gasteiger charge is -2.30. The van der Waals surface area contributed by atoms with Gasteiger partial charge in [-0.05, 0) is 26.4 Å². The van der Waals surface area contributed by atoms with Crippen molar-refractivity contribution in [1.29, 1.82) is 0 Å². The van der Waals surface area contributed by atoms with Gasteiger partial charge in [0.25, 0.3) is 0 Å². The quantitative estimate of drug-likeness (QED) is 0.667. The van der Waals surface area contributed by atoms with Crippen LogP contribution >= 0.6 is 0 Å². The Morgan fingerprint density at radius 1 is 1.43 bits per heavy atom. The van der Waals surface area contributed by atoms with Crippen molar-refractivity contribution in [3.8, 4) is 0 Å². The number of hydrogen-bond donors (Lipinski definition) is 2. The Bertz CT molecular complexity index is 181. The van der Waals surface area contributed by atoms with Gasteiger partial charge < -0.3 is 15.7 Å². The van der Waals surface area contributed by atoms with Crippen LogP contribution in [0.1, 0.15) is 26.7 Å². The molecule has 0 aliphatic heterocycles. The van der Waals surface area contributed by atoms with Gasteiger partial charge in [0.15, 0.2) is 0 Å². The minimum Gasteiger partial charge on any atom is -0.481 e. The van der Waals surface area contributed by atoms with Crippen molar-refractivity contribution >= 4 is 5.97 Å². The molecule has 0 aromatic carbocycles. The lowest BCUT2D eigenvalue weighted by Crippen LogP contribution is -2.46. The highest BCUT2D eigenvalue weighted by molar-refractivity contribution is 5.67. The molecule has 0 rings (SSSR count). The average Bonchev–Trinajstić information content (AvgIpc) is 1.97. The van der Waals surface area contributed by atoms with E-state index in [1.165, 1.54) is 0 Å². The third-order valence-corrected chi connectivity index (χ3v) is 2.28. The first-order valence-electron chi connectivity index (χ1n) is 4.98. The van der Waals surface area contributed by atoms with Crippen LogP contribution in [0.5, 0.6) is 0 Å². The van der Waals surface area contributed by atoms with E-state index in [1.807, 2.05) is 19.0 Å². The van der Waals surface area contributed by atoms with E-state index in [2.05, 4.69) is 13.8 Å². The van der Waals surface area contributed by atoms with Crippen LogP contribution < -0.4 is 5.73 Å². The maximum atomic E-state index is 10.5. The lowest BCUT2D eigenvalue weighted by molar-refractivity contribution is -0.137. The zero-order valence-corrected chi connectivity index (χ0v) is 9.53. The predicted octanol–water partition coefficient (Wildman–Crippen LogP) is 0.765. The standard InChI is InChI=1S/C10H22N2O2/c1-7(2)5-9(12(3)4)8(11)6-10(13)14/h7-9H,5-6,11H2,1-4H3,(H,13,14). The van der Waals surface area contributed by atoms with Gasteiger partial charge in [0.1, 0.15) is 0 Å². The summed E-state index contributed by atoms with van der Waals surface area (Å²) < 4.78 is 0. The third kappa shape index (κ3) is 5.19. The molecule has 2 unspecified atom stereocenters. The van der Waals surface area contributed by atoms with Crippen molar-refractivity contribution in [3.63, 3.8) is 0 Å². The van der Waals surface area contributed by atoms with E-state index in [9.17, 15) is 4.79 Å². The first-order chi connectivity index (χ1) is 6.34. The Morgan fingerprint density at radius 3 is 2.21 bits per heavy atom. The summed E-state index contributed by atoms with van der Waals surface area (Å²) in [6.45, 7) is 4.23. The molecule has 0 aliphatic carbocycles. The van der Waals surface area contributed by atoms with E-state index in [4.69, 9.17) is 10.8 Å². The van der Waals surface area contributed by atoms with Crippen molar-refractivity contribution in [2.45, 2.75) is 38.8 Å². The Balaban J connectivity index is 4.25. The Morgan fingerprint density at radius 2 is 1.93 bits per heavy atom. The molecule has 0 spiro atoms. The van der Waals surface area contributed by atoms with Crippen molar-refractivity contribution in [1.82, 2.24) is 4.90 Å². The molecule has 4 nitrogen and oxygen atoms in total. The van der Waals surface area contributed by atoms with Gasteiger partial charge in [0.05, 0.1) is 6.42 Å². The number of aliphatic carboxylic acids is 1. The zero-order valence-electron chi connectivity index (χ0n) is 9.53. The molecular weight excluding hydrogens is 180 g/mol. The van der Waals surface area contributed by atoms with Gasteiger partial charge in [-0.2, -0.15) is 0 Å². The second-order valence-corrected chi connectivity index (χ2v) is 4.42. The van der Waals surface area contributed by atoms with E-state index in [1.54, 1.807) is 0 Å². The van der Waals surface area contributed by atoms with Crippen LogP contribution in [-0.4, -0.2) is 42.2 Å². The number of hydrogen-bond acceptors (Lipinski definition) is 3. The van der Waals surface area contributed by atoms with E-state index >= 15 is 0 Å². The molecule has 0 amide bonds. The smallest absolute Gasteiger partial charge is 0.304 e. The fourth-order valence-corrected chi connectivity index (χ4v) is 1.59. The summed E-state index contributed by atoms with van der Waals surface area (Å²) in [5.74, 6) is -0.296. The molecule has 0 fully saturated rings. The highest BCUT2D eigenvalue weighted by Gasteiger charge is 2.22. The van der Waals surface area contributed by atoms with E-state index in [0.717, 1.165) is 6.42 Å². The molecule has 84 valence electrons. The summed E-state index contributed by atoms with van der Waals surface area (Å²) in [5.41, 5.74) is 5.85. The molecule has 2 atom stereocenters. The van der Waals surface area contributed by atoms with Crippen molar-refractivity contribution in [3.05, 3.63) is 0 Å². The van der Waals surface area contributed by atoms with Crippen LogP contribution in [0.2, 0.25) is 0 Å². The summed E-state index contributed by atoms with van der Waals surface area (Å²) in [7, 11) is 3.88. The summed E-state index contributed by atoms with van der Waals surface area (Å²) in [6, 6.07) is -0.143. The van der Waals surface area contributed by atoms with Gasteiger partial charge in [-0.3, -0.25) is 4.79 Å². The van der Waals surface area contributed by atoms with Crippen LogP contribution in [0.15, 0.2) is 0 Å². The zero-order chi connectivity index (χ0) is 11.3. The lowest BCUT2D eigenvalue weighted by atomic mass is 9.95. The molecule has 0 heterocycles. The van der Waals surface area contributed by atoms with Gasteiger partial charge in [-0.1, -0.05) is 13.8 Å². The minimum absolute atomic E-state index is 0.0373. The Labute approximate surface area is 86.1 Å². The average molecular weight is 202 g/mol. The number of carbonyl (C=O) groups is 1. The molecule has 0 aliphatic rings. The van der Waals surface area contributed by atoms with Gasteiger partial charge >= 0.3 is 5.97 Å². The van der Waals surface area contributed by atoms with Gasteiger partial charge in [0.2, 0.25) is 0 Å². The van der Waals surface area contributed by atoms with E-state index < -0.39 is 5.97 Å². The van der Waals surface area contributed by atoms with Crippen molar-refractivity contribution < 1.29 is 9.90 Å². The molecule has 0 bridgehead atoms. The molecule has 0 saturated heterocycles. The molecule has 3 N–H and O–H groups in total. The predicted molar refractivity (Wildman–Crippen MR) is 57.2 cm³/mol. The van der Waals surface area contributed by atoms with Gasteiger partial charge in [-0.15, -0.1) is 0 Å². The fourth-order valence-electron chi connectivity index (χ4n) is 1.59. The van der Waals surface area contributed by atoms with Crippen LogP contribution in [-0.2, 0) is 4.79 Å². The fraction of sp³-hybridized carbons (Fsp3) is 0.900. The van der Waals surface area contributed by atoms with E-state index in [0.29, 0.717) is 5.92 Å². The SMILES string of the molecule is CC(C)CC(C(N)CC(=O)O)N(C)C. The number of carboxylic acids is 1. The number of nitrogens with two attached hydrogens (primary N) is 1. The molecular formula is C10H22N2O2. The maximum absolute atomic E-state index is 10.5. The number of carboxylic acid groups (broad SMARTS) is 1. The van der Waals surface area contributed by atoms with E-state index in [-0.39, 0.29) is 18.5 Å². The molecule has 14 heavy (non-hydrogen) atoms. The molecule has 0 radical (unpaired) electrons. The topological polar surface area (TPSA) is 66.6 Å². The first kappa shape index (κ1) is 13.4. The number of likely N-dealkylation sites (N-methyl/N-ethyl adjacent to an activating group) is 1. The molecule has 0 aromatic heterocycles. The highest BCUT2D eigenvalue weighted by Crippen LogP contribution is 2.13. The number of rotatable bonds is 6. The second-order valence-electron chi connectivity index (χ2n) is 4.42. The molecule has 0 aromatic rings. The van der Waals surface area contributed by atoms with Gasteiger partial charge in [0, 0.05) is 12.1 Å². The summed E-state index contributed by atoms with van der Waals surface area (Å²) in [6.07, 6.45) is 0.969. The normalized spacial score (nSPS) is 15.9. The van der Waals surface area contributed by atoms with Crippen LogP contribution in [0.25, 0.3) is 0 Å². The third-order valence-electron chi connectivity index (χ3n) is 2.28. The Hall–Kier alpha value is -0.610. The van der Waals surface area contributed by atoms with Crippen molar-refractivity contribution in [2.75, 3.05) is 14.1 Å². The van der Waals surface area contributed by atoms with Gasteiger partial charge in [-0.25, -0.2) is 0 Å². The second kappa shape index (κ2) is 5.98. The van der Waals surface area contributed by atoms with Crippen LogP contribution in [0, 0.1) is 5.92 Å². The van der Waals surface area contributed by atoms with Crippen LogP contribution in [0.3, 0.4) is 0 Å². The summed E-state index contributed by atoms with van der Waals surface area (Å²) in [4.78, 5) is 12.5. The maximum Gasteiger partial charge on any atom is 0.304 e. The number of nitrogens with zero attached hydrogens (tertiary/aromatic N) is 1. The highest BCUT2D eigenvalue weighted by atomic mass is 16.4. The summed E-state index contributed by atoms with van der Waals surface area (Å²) >= 11 is 0. The largest absolute Gasteiger partial charge is 0.481 e. The monoisotopic (exact) mass is 202 g/mol.